The molecule has 0 amide bonds. The fourth-order valence-corrected chi connectivity index (χ4v) is 0.758. The van der Waals surface area contributed by atoms with Gasteiger partial charge in [-0.1, -0.05) is 29.9 Å². The molecule has 0 saturated heterocycles. The fourth-order valence-electron chi connectivity index (χ4n) is 0.758. The molecule has 0 aliphatic carbocycles. The molecule has 0 aromatic carbocycles. The molecule has 0 heterocycles. The van der Waals surface area contributed by atoms with Crippen LogP contribution in [-0.2, 0) is 4.74 Å². The van der Waals surface area contributed by atoms with Crippen molar-refractivity contribution in [1.29, 1.82) is 0 Å². The van der Waals surface area contributed by atoms with E-state index in [9.17, 15) is 0 Å². The minimum absolute atomic E-state index is 0.684. The summed E-state index contributed by atoms with van der Waals surface area (Å²) in [4.78, 5) is 0. The maximum atomic E-state index is 5.01. The van der Waals surface area contributed by atoms with Crippen molar-refractivity contribution < 1.29 is 4.74 Å². The van der Waals surface area contributed by atoms with Gasteiger partial charge in [0.15, 0.2) is 0 Å². The molecule has 0 aliphatic heterocycles. The topological polar surface area (TPSA) is 9.23 Å². The molecule has 0 spiro atoms. The molecule has 0 aromatic rings. The second-order valence-electron chi connectivity index (χ2n) is 2.90. The zero-order chi connectivity index (χ0) is 9.40. The lowest BCUT2D eigenvalue weighted by atomic mass is 10.2. The zero-order valence-corrected chi connectivity index (χ0v) is 8.42. The Morgan fingerprint density at radius 1 is 1.33 bits per heavy atom. The van der Waals surface area contributed by atoms with Gasteiger partial charge in [0.1, 0.15) is 0 Å². The minimum Gasteiger partial charge on any atom is -0.380 e. The number of allylic oxidation sites excluding steroid dienone is 4. The Bertz CT molecular complexity index is 193. The summed E-state index contributed by atoms with van der Waals surface area (Å²) in [7, 11) is 1.71. The first-order valence-corrected chi connectivity index (χ1v) is 4.16. The summed E-state index contributed by atoms with van der Waals surface area (Å²) in [5, 5.41) is 0. The van der Waals surface area contributed by atoms with Crippen LogP contribution in [-0.4, -0.2) is 13.7 Å². The Balaban J connectivity index is 4.03. The molecule has 0 aromatic heterocycles. The highest BCUT2D eigenvalue weighted by Crippen LogP contribution is 1.98. The lowest BCUT2D eigenvalue weighted by molar-refractivity contribution is 0.228. The smallest absolute Gasteiger partial charge is 0.0709 e. The van der Waals surface area contributed by atoms with Gasteiger partial charge in [0.05, 0.1) is 6.61 Å². The molecular weight excluding hydrogens is 148 g/mol. The Hall–Kier alpha value is -0.820. The van der Waals surface area contributed by atoms with E-state index in [1.165, 1.54) is 11.1 Å². The van der Waals surface area contributed by atoms with Crippen LogP contribution in [0.4, 0.5) is 0 Å². The Kier molecular flexibility index (Phi) is 6.39. The maximum Gasteiger partial charge on any atom is 0.0709 e. The van der Waals surface area contributed by atoms with Crippen LogP contribution in [0.2, 0.25) is 0 Å². The summed E-state index contributed by atoms with van der Waals surface area (Å²) in [6.45, 7) is 6.86. The van der Waals surface area contributed by atoms with E-state index in [2.05, 4.69) is 32.1 Å². The van der Waals surface area contributed by atoms with Crippen molar-refractivity contribution in [3.05, 3.63) is 35.5 Å². The minimum atomic E-state index is 0.684. The molecule has 0 N–H and O–H groups in total. The highest BCUT2D eigenvalue weighted by atomic mass is 16.5. The average Bonchev–Trinajstić information content (AvgIpc) is 2.02. The third-order valence-electron chi connectivity index (χ3n) is 1.42. The Morgan fingerprint density at radius 3 is 2.42 bits per heavy atom. The average molecular weight is 166 g/mol. The van der Waals surface area contributed by atoms with Gasteiger partial charge in [-0.3, -0.25) is 0 Å². The molecule has 0 fully saturated rings. The van der Waals surface area contributed by atoms with E-state index in [-0.39, 0.29) is 0 Å². The van der Waals surface area contributed by atoms with E-state index in [0.29, 0.717) is 6.61 Å². The third-order valence-corrected chi connectivity index (χ3v) is 1.42. The van der Waals surface area contributed by atoms with Crippen molar-refractivity contribution in [3.63, 3.8) is 0 Å². The van der Waals surface area contributed by atoms with E-state index >= 15 is 0 Å². The number of methoxy groups -OCH3 is 1. The molecule has 0 unspecified atom stereocenters. The van der Waals surface area contributed by atoms with Gasteiger partial charge < -0.3 is 4.74 Å². The van der Waals surface area contributed by atoms with Gasteiger partial charge in [-0.15, -0.1) is 0 Å². The number of ether oxygens (including phenoxy) is 1. The van der Waals surface area contributed by atoms with Crippen LogP contribution >= 0.6 is 0 Å². The molecular formula is C11H18O. The highest BCUT2D eigenvalue weighted by molar-refractivity contribution is 5.23. The lowest BCUT2D eigenvalue weighted by Gasteiger charge is -1.97. The SMILES string of the molecule is C/C=C(\C=C/C=C(C)C)COC. The van der Waals surface area contributed by atoms with E-state index in [0.717, 1.165) is 0 Å². The lowest BCUT2D eigenvalue weighted by Crippen LogP contribution is -1.89. The zero-order valence-electron chi connectivity index (χ0n) is 8.42. The largest absolute Gasteiger partial charge is 0.380 e. The van der Waals surface area contributed by atoms with Crippen molar-refractivity contribution in [2.75, 3.05) is 13.7 Å². The van der Waals surface area contributed by atoms with Crippen molar-refractivity contribution in [1.82, 2.24) is 0 Å². The fraction of sp³-hybridized carbons (Fsp3) is 0.455. The second-order valence-corrected chi connectivity index (χ2v) is 2.90. The highest BCUT2D eigenvalue weighted by Gasteiger charge is 1.86. The monoisotopic (exact) mass is 166 g/mol. The molecule has 1 nitrogen and oxygen atoms in total. The van der Waals surface area contributed by atoms with Crippen LogP contribution in [0.5, 0.6) is 0 Å². The van der Waals surface area contributed by atoms with E-state index in [4.69, 9.17) is 4.74 Å². The van der Waals surface area contributed by atoms with Gasteiger partial charge >= 0.3 is 0 Å². The van der Waals surface area contributed by atoms with E-state index in [1.807, 2.05) is 13.0 Å². The predicted octanol–water partition coefficient (Wildman–Crippen LogP) is 3.10. The molecule has 0 rings (SSSR count). The van der Waals surface area contributed by atoms with Gasteiger partial charge in [0.2, 0.25) is 0 Å². The molecule has 0 atom stereocenters. The first kappa shape index (κ1) is 11.2. The molecule has 0 aliphatic rings. The molecule has 68 valence electrons. The predicted molar refractivity (Wildman–Crippen MR) is 54.2 cm³/mol. The third kappa shape index (κ3) is 5.93. The molecule has 0 bridgehead atoms. The van der Waals surface area contributed by atoms with Crippen LogP contribution in [0.15, 0.2) is 35.5 Å². The molecule has 1 heteroatoms. The summed E-state index contributed by atoms with van der Waals surface area (Å²) in [6, 6.07) is 0. The Morgan fingerprint density at radius 2 is 2.00 bits per heavy atom. The summed E-state index contributed by atoms with van der Waals surface area (Å²) < 4.78 is 5.01. The molecule has 0 saturated carbocycles. The van der Waals surface area contributed by atoms with Crippen molar-refractivity contribution in [2.45, 2.75) is 20.8 Å². The Labute approximate surface area is 75.4 Å². The van der Waals surface area contributed by atoms with Crippen molar-refractivity contribution in [2.24, 2.45) is 0 Å². The van der Waals surface area contributed by atoms with Crippen LogP contribution < -0.4 is 0 Å². The number of hydrogen-bond donors (Lipinski definition) is 0. The van der Waals surface area contributed by atoms with Crippen molar-refractivity contribution in [3.8, 4) is 0 Å². The number of hydrogen-bond acceptors (Lipinski definition) is 1. The number of rotatable bonds is 4. The maximum absolute atomic E-state index is 5.01. The first-order chi connectivity index (χ1) is 5.70. The van der Waals surface area contributed by atoms with Crippen LogP contribution in [0.25, 0.3) is 0 Å². The second kappa shape index (κ2) is 6.86. The van der Waals surface area contributed by atoms with Crippen LogP contribution in [0, 0.1) is 0 Å². The molecule has 12 heavy (non-hydrogen) atoms. The van der Waals surface area contributed by atoms with Gasteiger partial charge in [0.25, 0.3) is 0 Å². The van der Waals surface area contributed by atoms with Gasteiger partial charge in [-0.2, -0.15) is 0 Å². The standard InChI is InChI=1S/C11H18O/c1-5-11(9-12-4)8-6-7-10(2)3/h5-8H,9H2,1-4H3/b8-6-,11-5+. The summed E-state index contributed by atoms with van der Waals surface area (Å²) >= 11 is 0. The van der Waals surface area contributed by atoms with Gasteiger partial charge in [-0.25, -0.2) is 0 Å². The van der Waals surface area contributed by atoms with E-state index < -0.39 is 0 Å². The van der Waals surface area contributed by atoms with Crippen molar-refractivity contribution >= 4 is 0 Å². The van der Waals surface area contributed by atoms with Crippen LogP contribution in [0.3, 0.4) is 0 Å². The quantitative estimate of drug-likeness (QED) is 0.583. The summed E-state index contributed by atoms with van der Waals surface area (Å²) in [5.74, 6) is 0. The molecule has 0 radical (unpaired) electrons. The van der Waals surface area contributed by atoms with Crippen LogP contribution in [0.1, 0.15) is 20.8 Å². The first-order valence-electron chi connectivity index (χ1n) is 4.16. The normalized spacial score (nSPS) is 12.2. The van der Waals surface area contributed by atoms with Gasteiger partial charge in [-0.05, 0) is 26.3 Å². The summed E-state index contributed by atoms with van der Waals surface area (Å²) in [5.41, 5.74) is 2.51. The van der Waals surface area contributed by atoms with Gasteiger partial charge in [0, 0.05) is 7.11 Å². The summed E-state index contributed by atoms with van der Waals surface area (Å²) in [6.07, 6.45) is 8.25. The van der Waals surface area contributed by atoms with E-state index in [1.54, 1.807) is 7.11 Å².